The molecule has 124 valence electrons. The van der Waals surface area contributed by atoms with Crippen LogP contribution in [0.3, 0.4) is 0 Å². The molecule has 1 rings (SSSR count). The van der Waals surface area contributed by atoms with Crippen molar-refractivity contribution in [1.29, 1.82) is 0 Å². The predicted molar refractivity (Wildman–Crippen MR) is 82.4 cm³/mol. The zero-order valence-corrected chi connectivity index (χ0v) is 13.9. The number of hydrogen-bond acceptors (Lipinski definition) is 5. The van der Waals surface area contributed by atoms with Crippen molar-refractivity contribution in [3.05, 3.63) is 11.8 Å². The highest BCUT2D eigenvalue weighted by molar-refractivity contribution is 5.94. The molecular formula is C15H25N3O4. The maximum absolute atomic E-state index is 12.4. The molecule has 0 spiro atoms. The highest BCUT2D eigenvalue weighted by Crippen LogP contribution is 2.18. The molecule has 1 N–H and O–H groups in total. The van der Waals surface area contributed by atoms with Gasteiger partial charge >= 0.3 is 0 Å². The molecule has 1 aromatic rings. The zero-order chi connectivity index (χ0) is 16.8. The number of nitrogens with one attached hydrogen (secondary N) is 1. The van der Waals surface area contributed by atoms with Gasteiger partial charge in [0.2, 0.25) is 11.8 Å². The summed E-state index contributed by atoms with van der Waals surface area (Å²) >= 11 is 0. The first-order valence-corrected chi connectivity index (χ1v) is 7.25. The van der Waals surface area contributed by atoms with E-state index in [2.05, 4.69) is 10.5 Å². The number of methoxy groups -OCH3 is 1. The number of carbonyl (C=O) groups excluding carboxylic acids is 2. The summed E-state index contributed by atoms with van der Waals surface area (Å²) in [6.07, 6.45) is 0.675. The fraction of sp³-hybridized carbons (Fsp3) is 0.667. The maximum Gasteiger partial charge on any atom is 0.245 e. The lowest BCUT2D eigenvalue weighted by atomic mass is 9.94. The number of carbonyl (C=O) groups is 2. The Balaban J connectivity index is 2.66. The molecule has 2 amide bonds. The van der Waals surface area contributed by atoms with Crippen molar-refractivity contribution < 1.29 is 18.8 Å². The van der Waals surface area contributed by atoms with Crippen molar-refractivity contribution in [1.82, 2.24) is 10.1 Å². The van der Waals surface area contributed by atoms with Crippen LogP contribution in [0, 0.1) is 12.3 Å². The smallest absolute Gasteiger partial charge is 0.245 e. The molecule has 0 atom stereocenters. The first kappa shape index (κ1) is 18.2. The number of amides is 2. The number of ether oxygens (including phenoxy) is 1. The number of hydrogen-bond donors (Lipinski definition) is 1. The van der Waals surface area contributed by atoms with E-state index in [4.69, 9.17) is 9.26 Å². The van der Waals surface area contributed by atoms with E-state index in [9.17, 15) is 9.59 Å². The topological polar surface area (TPSA) is 84.7 Å². The monoisotopic (exact) mass is 311 g/mol. The Bertz CT molecular complexity index is 505. The molecule has 1 aromatic heterocycles. The third kappa shape index (κ3) is 5.85. The number of rotatable bonds is 7. The first-order chi connectivity index (χ1) is 10.2. The van der Waals surface area contributed by atoms with Crippen LogP contribution >= 0.6 is 0 Å². The molecule has 0 unspecified atom stereocenters. The van der Waals surface area contributed by atoms with E-state index in [0.29, 0.717) is 31.2 Å². The molecule has 7 nitrogen and oxygen atoms in total. The Morgan fingerprint density at radius 3 is 2.59 bits per heavy atom. The summed E-state index contributed by atoms with van der Waals surface area (Å²) in [5.41, 5.74) is -0.544. The maximum atomic E-state index is 12.4. The van der Waals surface area contributed by atoms with Crippen LogP contribution in [-0.4, -0.2) is 48.7 Å². The van der Waals surface area contributed by atoms with Gasteiger partial charge in [0.25, 0.3) is 0 Å². The zero-order valence-electron chi connectivity index (χ0n) is 13.9. The van der Waals surface area contributed by atoms with Gasteiger partial charge in [-0.2, -0.15) is 0 Å². The summed E-state index contributed by atoms with van der Waals surface area (Å²) in [6.45, 7) is 8.22. The highest BCUT2D eigenvalue weighted by atomic mass is 16.5. The quantitative estimate of drug-likeness (QED) is 0.777. The van der Waals surface area contributed by atoms with Gasteiger partial charge in [0, 0.05) is 31.7 Å². The number of aryl methyl sites for hydroxylation is 1. The predicted octanol–water partition coefficient (Wildman–Crippen LogP) is 1.83. The fourth-order valence-electron chi connectivity index (χ4n) is 1.91. The van der Waals surface area contributed by atoms with E-state index in [1.165, 1.54) is 0 Å². The van der Waals surface area contributed by atoms with Gasteiger partial charge < -0.3 is 19.5 Å². The van der Waals surface area contributed by atoms with Gasteiger partial charge in [0.15, 0.2) is 5.82 Å². The Labute approximate surface area is 131 Å². The van der Waals surface area contributed by atoms with Crippen LogP contribution in [0.2, 0.25) is 0 Å². The lowest BCUT2D eigenvalue weighted by Gasteiger charge is -2.29. The Hall–Kier alpha value is -1.89. The minimum absolute atomic E-state index is 0.0221. The lowest BCUT2D eigenvalue weighted by molar-refractivity contribution is -0.142. The van der Waals surface area contributed by atoms with Crippen LogP contribution in [0.25, 0.3) is 0 Å². The van der Waals surface area contributed by atoms with Crippen LogP contribution in [0.15, 0.2) is 10.6 Å². The summed E-state index contributed by atoms with van der Waals surface area (Å²) in [5, 5.41) is 6.32. The van der Waals surface area contributed by atoms with E-state index in [1.807, 2.05) is 20.8 Å². The Morgan fingerprint density at radius 2 is 2.09 bits per heavy atom. The molecule has 0 bridgehead atoms. The number of aromatic nitrogens is 1. The minimum Gasteiger partial charge on any atom is -0.385 e. The van der Waals surface area contributed by atoms with Crippen LogP contribution in [-0.2, 0) is 14.3 Å². The Kier molecular flexibility index (Phi) is 6.55. The third-order valence-corrected chi connectivity index (χ3v) is 2.94. The average molecular weight is 311 g/mol. The fourth-order valence-corrected chi connectivity index (χ4v) is 1.91. The molecule has 0 saturated carbocycles. The number of nitrogens with zero attached hydrogens (tertiary/aromatic N) is 2. The van der Waals surface area contributed by atoms with E-state index in [-0.39, 0.29) is 18.4 Å². The molecule has 0 fully saturated rings. The third-order valence-electron chi connectivity index (χ3n) is 2.94. The molecule has 0 aliphatic rings. The lowest BCUT2D eigenvalue weighted by Crippen LogP contribution is -2.44. The van der Waals surface area contributed by atoms with Crippen molar-refractivity contribution in [2.75, 3.05) is 32.1 Å². The SMILES string of the molecule is COCCCN(CC(=O)Nc1cc(C)on1)C(=O)C(C)(C)C. The van der Waals surface area contributed by atoms with Crippen LogP contribution in [0.1, 0.15) is 33.0 Å². The Morgan fingerprint density at radius 1 is 1.41 bits per heavy atom. The first-order valence-electron chi connectivity index (χ1n) is 7.25. The standard InChI is InChI=1S/C15H25N3O4/c1-11-9-12(17-22-11)16-13(19)10-18(7-6-8-21-5)14(20)15(2,3)4/h9H,6-8,10H2,1-5H3,(H,16,17,19). The number of anilines is 1. The van der Waals surface area contributed by atoms with Crippen molar-refractivity contribution in [3.8, 4) is 0 Å². The molecular weight excluding hydrogens is 286 g/mol. The van der Waals surface area contributed by atoms with Gasteiger partial charge in [-0.25, -0.2) is 0 Å². The second-order valence-corrected chi connectivity index (χ2v) is 6.19. The molecule has 7 heteroatoms. The molecule has 0 aliphatic carbocycles. The van der Waals surface area contributed by atoms with E-state index >= 15 is 0 Å². The van der Waals surface area contributed by atoms with Crippen molar-refractivity contribution >= 4 is 17.6 Å². The van der Waals surface area contributed by atoms with Crippen LogP contribution < -0.4 is 5.32 Å². The average Bonchev–Trinajstić information content (AvgIpc) is 2.81. The van der Waals surface area contributed by atoms with Gasteiger partial charge in [0.1, 0.15) is 5.76 Å². The summed E-state index contributed by atoms with van der Waals surface area (Å²) in [6, 6.07) is 1.62. The second kappa shape index (κ2) is 7.93. The van der Waals surface area contributed by atoms with Gasteiger partial charge in [-0.1, -0.05) is 25.9 Å². The van der Waals surface area contributed by atoms with Crippen molar-refractivity contribution in [3.63, 3.8) is 0 Å². The minimum atomic E-state index is -0.544. The second-order valence-electron chi connectivity index (χ2n) is 6.19. The van der Waals surface area contributed by atoms with Crippen molar-refractivity contribution in [2.24, 2.45) is 5.41 Å². The summed E-state index contributed by atoms with van der Waals surface area (Å²) in [5.74, 6) is 0.582. The molecule has 0 aromatic carbocycles. The van der Waals surface area contributed by atoms with Crippen LogP contribution in [0.4, 0.5) is 5.82 Å². The summed E-state index contributed by atoms with van der Waals surface area (Å²) < 4.78 is 9.89. The van der Waals surface area contributed by atoms with Gasteiger partial charge in [-0.3, -0.25) is 9.59 Å². The summed E-state index contributed by atoms with van der Waals surface area (Å²) in [4.78, 5) is 26.0. The molecule has 0 radical (unpaired) electrons. The van der Waals surface area contributed by atoms with Crippen molar-refractivity contribution in [2.45, 2.75) is 34.1 Å². The molecule has 1 heterocycles. The van der Waals surface area contributed by atoms with E-state index < -0.39 is 5.41 Å². The summed E-state index contributed by atoms with van der Waals surface area (Å²) in [7, 11) is 1.61. The molecule has 22 heavy (non-hydrogen) atoms. The largest absolute Gasteiger partial charge is 0.385 e. The van der Waals surface area contributed by atoms with E-state index in [1.54, 1.807) is 25.0 Å². The van der Waals surface area contributed by atoms with Gasteiger partial charge in [-0.15, -0.1) is 0 Å². The molecule has 0 saturated heterocycles. The van der Waals surface area contributed by atoms with Crippen LogP contribution in [0.5, 0.6) is 0 Å². The van der Waals surface area contributed by atoms with Gasteiger partial charge in [-0.05, 0) is 13.3 Å². The van der Waals surface area contributed by atoms with E-state index in [0.717, 1.165) is 0 Å². The normalized spacial score (nSPS) is 11.3. The highest BCUT2D eigenvalue weighted by Gasteiger charge is 2.28. The van der Waals surface area contributed by atoms with Gasteiger partial charge in [0.05, 0.1) is 6.54 Å². The molecule has 0 aliphatic heterocycles.